The molecule has 0 aromatic carbocycles. The molecule has 2 aromatic rings. The summed E-state index contributed by atoms with van der Waals surface area (Å²) in [6.45, 7) is 0.812. The highest BCUT2D eigenvalue weighted by Gasteiger charge is 2.32. The van der Waals surface area contributed by atoms with Gasteiger partial charge in [-0.2, -0.15) is 0 Å². The van der Waals surface area contributed by atoms with Crippen LogP contribution >= 0.6 is 11.3 Å². The number of nitrogens with one attached hydrogen (secondary N) is 1. The number of nitrogen functional groups attached to an aromatic ring is 1. The Labute approximate surface area is 169 Å². The van der Waals surface area contributed by atoms with Crippen LogP contribution in [0.25, 0.3) is 10.2 Å². The van der Waals surface area contributed by atoms with Gasteiger partial charge in [0.05, 0.1) is 17.4 Å². The summed E-state index contributed by atoms with van der Waals surface area (Å²) in [5, 5.41) is 3.43. The molecule has 2 aliphatic rings. The molecule has 0 bridgehead atoms. The van der Waals surface area contributed by atoms with E-state index in [0.29, 0.717) is 22.9 Å². The largest absolute Gasteiger partial charge is 0.397 e. The number of thiophene rings is 1. The van der Waals surface area contributed by atoms with E-state index in [4.69, 9.17) is 10.7 Å². The first-order valence-corrected chi connectivity index (χ1v) is 11.1. The summed E-state index contributed by atoms with van der Waals surface area (Å²) in [6.07, 6.45) is 8.82. The molecule has 150 valence electrons. The molecular formula is C21H28N4O2S. The SMILES string of the molecule is CNC(=O)c1sc2nc([C@H]3CCCN3C(=O)CC3CCCCC3)ccc2c1N. The van der Waals surface area contributed by atoms with Crippen LogP contribution < -0.4 is 11.1 Å². The fraction of sp³-hybridized carbons (Fsp3) is 0.571. The van der Waals surface area contributed by atoms with Gasteiger partial charge in [-0.1, -0.05) is 19.3 Å². The van der Waals surface area contributed by atoms with E-state index in [1.165, 1.54) is 43.4 Å². The number of pyridine rings is 1. The van der Waals surface area contributed by atoms with Gasteiger partial charge in [-0.15, -0.1) is 11.3 Å². The van der Waals surface area contributed by atoms with Crippen molar-refractivity contribution in [2.45, 2.75) is 57.4 Å². The van der Waals surface area contributed by atoms with Crippen molar-refractivity contribution in [1.29, 1.82) is 0 Å². The number of rotatable bonds is 4. The standard InChI is InChI=1S/C21H28N4O2S/c1-23-20(27)19-18(22)14-9-10-15(24-21(14)28-19)16-8-5-11-25(16)17(26)12-13-6-3-2-4-7-13/h9-10,13,16H,2-8,11-12,22H2,1H3,(H,23,27)/t16-/m1/s1. The lowest BCUT2D eigenvalue weighted by atomic mass is 9.86. The Bertz CT molecular complexity index is 888. The number of nitrogens with two attached hydrogens (primary N) is 1. The van der Waals surface area contributed by atoms with Gasteiger partial charge in [-0.05, 0) is 43.7 Å². The lowest BCUT2D eigenvalue weighted by Crippen LogP contribution is -2.32. The van der Waals surface area contributed by atoms with Gasteiger partial charge in [0.2, 0.25) is 5.91 Å². The Balaban J connectivity index is 1.55. The fourth-order valence-corrected chi connectivity index (χ4v) is 5.65. The number of hydrogen-bond donors (Lipinski definition) is 2. The summed E-state index contributed by atoms with van der Waals surface area (Å²) in [7, 11) is 1.60. The van der Waals surface area contributed by atoms with Gasteiger partial charge in [0.15, 0.2) is 0 Å². The smallest absolute Gasteiger partial charge is 0.263 e. The number of nitrogens with zero attached hydrogens (tertiary/aromatic N) is 2. The van der Waals surface area contributed by atoms with Crippen molar-refractivity contribution in [3.8, 4) is 0 Å². The first-order chi connectivity index (χ1) is 13.6. The predicted octanol–water partition coefficient (Wildman–Crippen LogP) is 3.87. The molecule has 7 heteroatoms. The van der Waals surface area contributed by atoms with Gasteiger partial charge < -0.3 is 16.0 Å². The summed E-state index contributed by atoms with van der Waals surface area (Å²) >= 11 is 1.32. The van der Waals surface area contributed by atoms with E-state index in [-0.39, 0.29) is 17.9 Å². The van der Waals surface area contributed by atoms with Crippen LogP contribution in [0.2, 0.25) is 0 Å². The van der Waals surface area contributed by atoms with Crippen molar-refractivity contribution in [2.75, 3.05) is 19.3 Å². The summed E-state index contributed by atoms with van der Waals surface area (Å²) in [5.41, 5.74) is 7.53. The molecule has 0 unspecified atom stereocenters. The molecule has 1 aliphatic carbocycles. The van der Waals surface area contributed by atoms with Crippen LogP contribution in [0.4, 0.5) is 5.69 Å². The van der Waals surface area contributed by atoms with E-state index in [1.807, 2.05) is 17.0 Å². The van der Waals surface area contributed by atoms with E-state index in [1.54, 1.807) is 7.05 Å². The molecular weight excluding hydrogens is 372 g/mol. The minimum atomic E-state index is -0.188. The molecule has 1 atom stereocenters. The Kier molecular flexibility index (Phi) is 5.53. The van der Waals surface area contributed by atoms with E-state index in [2.05, 4.69) is 5.32 Å². The van der Waals surface area contributed by atoms with Gasteiger partial charge in [0.25, 0.3) is 5.91 Å². The normalized spacial score (nSPS) is 20.6. The Morgan fingerprint density at radius 3 is 2.75 bits per heavy atom. The molecule has 3 N–H and O–H groups in total. The van der Waals surface area contributed by atoms with Crippen molar-refractivity contribution in [2.24, 2.45) is 5.92 Å². The molecule has 6 nitrogen and oxygen atoms in total. The number of carbonyl (C=O) groups excluding carboxylic acids is 2. The number of aromatic nitrogens is 1. The molecule has 1 saturated heterocycles. The van der Waals surface area contributed by atoms with Crippen LogP contribution in [0.5, 0.6) is 0 Å². The number of fused-ring (bicyclic) bond motifs is 1. The monoisotopic (exact) mass is 400 g/mol. The topological polar surface area (TPSA) is 88.3 Å². The summed E-state index contributed by atoms with van der Waals surface area (Å²) in [6, 6.07) is 3.95. The highest BCUT2D eigenvalue weighted by atomic mass is 32.1. The van der Waals surface area contributed by atoms with Crippen molar-refractivity contribution < 1.29 is 9.59 Å². The molecule has 4 rings (SSSR count). The third-order valence-corrected chi connectivity index (χ3v) is 7.27. The molecule has 2 fully saturated rings. The van der Waals surface area contributed by atoms with E-state index in [9.17, 15) is 9.59 Å². The lowest BCUT2D eigenvalue weighted by molar-refractivity contribution is -0.133. The zero-order valence-electron chi connectivity index (χ0n) is 16.4. The average molecular weight is 401 g/mol. The van der Waals surface area contributed by atoms with Crippen LogP contribution in [0, 0.1) is 5.92 Å². The van der Waals surface area contributed by atoms with Crippen LogP contribution in [-0.4, -0.2) is 35.3 Å². The second-order valence-electron chi connectivity index (χ2n) is 7.97. The number of likely N-dealkylation sites (tertiary alicyclic amines) is 1. The third kappa shape index (κ3) is 3.60. The summed E-state index contributed by atoms with van der Waals surface area (Å²) in [4.78, 5) is 33.1. The maximum absolute atomic E-state index is 13.0. The van der Waals surface area contributed by atoms with E-state index in [0.717, 1.165) is 35.3 Å². The lowest BCUT2D eigenvalue weighted by Gasteiger charge is -2.28. The first kappa shape index (κ1) is 19.2. The van der Waals surface area contributed by atoms with Crippen LogP contribution in [-0.2, 0) is 4.79 Å². The van der Waals surface area contributed by atoms with Gasteiger partial charge in [-0.3, -0.25) is 9.59 Å². The highest BCUT2D eigenvalue weighted by molar-refractivity contribution is 7.21. The number of carbonyl (C=O) groups is 2. The molecule has 2 amide bonds. The molecule has 28 heavy (non-hydrogen) atoms. The number of amides is 2. The quantitative estimate of drug-likeness (QED) is 0.815. The summed E-state index contributed by atoms with van der Waals surface area (Å²) in [5.74, 6) is 0.630. The van der Waals surface area contributed by atoms with Gasteiger partial charge in [-0.25, -0.2) is 4.98 Å². The van der Waals surface area contributed by atoms with Crippen molar-refractivity contribution >= 4 is 39.1 Å². The number of hydrogen-bond acceptors (Lipinski definition) is 5. The highest BCUT2D eigenvalue weighted by Crippen LogP contribution is 2.37. The second kappa shape index (κ2) is 8.07. The third-order valence-electron chi connectivity index (χ3n) is 6.15. The molecule has 3 heterocycles. The Morgan fingerprint density at radius 1 is 1.21 bits per heavy atom. The number of anilines is 1. The zero-order chi connectivity index (χ0) is 19.7. The zero-order valence-corrected chi connectivity index (χ0v) is 17.2. The van der Waals surface area contributed by atoms with Crippen LogP contribution in [0.15, 0.2) is 12.1 Å². The first-order valence-electron chi connectivity index (χ1n) is 10.3. The molecule has 0 spiro atoms. The predicted molar refractivity (Wildman–Crippen MR) is 112 cm³/mol. The van der Waals surface area contributed by atoms with Gasteiger partial charge >= 0.3 is 0 Å². The maximum Gasteiger partial charge on any atom is 0.263 e. The molecule has 1 saturated carbocycles. The average Bonchev–Trinajstić information content (AvgIpc) is 3.33. The van der Waals surface area contributed by atoms with Gasteiger partial charge in [0.1, 0.15) is 9.71 Å². The Hall–Kier alpha value is -2.15. The van der Waals surface area contributed by atoms with Gasteiger partial charge in [0, 0.05) is 25.4 Å². The molecule has 0 radical (unpaired) electrons. The van der Waals surface area contributed by atoms with Crippen molar-refractivity contribution in [1.82, 2.24) is 15.2 Å². The second-order valence-corrected chi connectivity index (χ2v) is 8.97. The van der Waals surface area contributed by atoms with E-state index >= 15 is 0 Å². The fourth-order valence-electron chi connectivity index (χ4n) is 4.61. The minimum absolute atomic E-state index is 0.0345. The minimum Gasteiger partial charge on any atom is -0.397 e. The van der Waals surface area contributed by atoms with Crippen LogP contribution in [0.3, 0.4) is 0 Å². The Morgan fingerprint density at radius 2 is 2.00 bits per heavy atom. The molecule has 1 aliphatic heterocycles. The van der Waals surface area contributed by atoms with E-state index < -0.39 is 0 Å². The van der Waals surface area contributed by atoms with Crippen molar-refractivity contribution in [3.05, 3.63) is 22.7 Å². The maximum atomic E-state index is 13.0. The van der Waals surface area contributed by atoms with Crippen molar-refractivity contribution in [3.63, 3.8) is 0 Å². The van der Waals surface area contributed by atoms with Crippen LogP contribution in [0.1, 0.15) is 72.8 Å². The molecule has 2 aromatic heterocycles. The summed E-state index contributed by atoms with van der Waals surface area (Å²) < 4.78 is 0.